The van der Waals surface area contributed by atoms with Gasteiger partial charge in [-0.2, -0.15) is 0 Å². The number of thiazole rings is 1. The number of hydrogen-bond donors (Lipinski definition) is 1. The van der Waals surface area contributed by atoms with Crippen molar-refractivity contribution in [1.29, 1.82) is 0 Å². The van der Waals surface area contributed by atoms with E-state index in [-0.39, 0.29) is 0 Å². The standard InChI is InChI=1S/C10H9BrN2S2/c11-9-3-7(12)1-2-10(9)15-5-8-4-14-6-13-8/h1-4,6H,5,12H2. The van der Waals surface area contributed by atoms with Crippen LogP contribution in [0.2, 0.25) is 0 Å². The molecule has 0 saturated carbocycles. The van der Waals surface area contributed by atoms with Crippen molar-refractivity contribution in [3.63, 3.8) is 0 Å². The average Bonchev–Trinajstić information content (AvgIpc) is 2.69. The molecule has 2 aromatic rings. The fraction of sp³-hybridized carbons (Fsp3) is 0.100. The SMILES string of the molecule is Nc1ccc(SCc2cscn2)c(Br)c1. The van der Waals surface area contributed by atoms with E-state index in [0.29, 0.717) is 0 Å². The molecule has 0 fully saturated rings. The molecular weight excluding hydrogens is 292 g/mol. The maximum absolute atomic E-state index is 5.67. The van der Waals surface area contributed by atoms with E-state index >= 15 is 0 Å². The normalized spacial score (nSPS) is 10.5. The van der Waals surface area contributed by atoms with Gasteiger partial charge in [0.1, 0.15) is 0 Å². The van der Waals surface area contributed by atoms with Gasteiger partial charge in [0.15, 0.2) is 0 Å². The first-order chi connectivity index (χ1) is 7.25. The first kappa shape index (κ1) is 11.0. The highest BCUT2D eigenvalue weighted by molar-refractivity contribution is 9.10. The molecule has 0 aliphatic rings. The Morgan fingerprint density at radius 2 is 2.33 bits per heavy atom. The number of nitrogens with two attached hydrogens (primary N) is 1. The van der Waals surface area contributed by atoms with E-state index in [0.717, 1.165) is 21.6 Å². The van der Waals surface area contributed by atoms with Gasteiger partial charge in [0.25, 0.3) is 0 Å². The van der Waals surface area contributed by atoms with E-state index in [1.54, 1.807) is 23.1 Å². The van der Waals surface area contributed by atoms with E-state index in [1.165, 1.54) is 4.90 Å². The average molecular weight is 301 g/mol. The molecule has 1 aromatic carbocycles. The fourth-order valence-corrected chi connectivity index (χ4v) is 3.32. The molecule has 0 spiro atoms. The summed E-state index contributed by atoms with van der Waals surface area (Å²) in [6, 6.07) is 5.86. The number of benzene rings is 1. The number of rotatable bonds is 3. The van der Waals surface area contributed by atoms with Gasteiger partial charge in [0.2, 0.25) is 0 Å². The quantitative estimate of drug-likeness (QED) is 0.692. The third-order valence-electron chi connectivity index (χ3n) is 1.81. The van der Waals surface area contributed by atoms with Crippen molar-refractivity contribution in [2.24, 2.45) is 0 Å². The van der Waals surface area contributed by atoms with E-state index in [2.05, 4.69) is 26.3 Å². The van der Waals surface area contributed by atoms with Gasteiger partial charge in [0, 0.05) is 26.2 Å². The van der Waals surface area contributed by atoms with Crippen LogP contribution < -0.4 is 5.73 Å². The number of nitrogens with zero attached hydrogens (tertiary/aromatic N) is 1. The van der Waals surface area contributed by atoms with Crippen molar-refractivity contribution >= 4 is 44.7 Å². The molecule has 0 aliphatic heterocycles. The Hall–Kier alpha value is -0.520. The molecule has 5 heteroatoms. The van der Waals surface area contributed by atoms with Crippen LogP contribution in [0.25, 0.3) is 0 Å². The van der Waals surface area contributed by atoms with Gasteiger partial charge >= 0.3 is 0 Å². The molecule has 0 bridgehead atoms. The number of halogens is 1. The third kappa shape index (κ3) is 2.96. The Morgan fingerprint density at radius 3 is 3.00 bits per heavy atom. The second-order valence-electron chi connectivity index (χ2n) is 2.96. The second-order valence-corrected chi connectivity index (χ2v) is 5.55. The van der Waals surface area contributed by atoms with E-state index in [1.807, 2.05) is 23.7 Å². The van der Waals surface area contributed by atoms with Gasteiger partial charge < -0.3 is 5.73 Å². The van der Waals surface area contributed by atoms with Crippen LogP contribution in [0.15, 0.2) is 38.5 Å². The summed E-state index contributed by atoms with van der Waals surface area (Å²) in [4.78, 5) is 5.43. The molecule has 0 atom stereocenters. The highest BCUT2D eigenvalue weighted by Crippen LogP contribution is 2.31. The molecule has 0 amide bonds. The van der Waals surface area contributed by atoms with E-state index in [4.69, 9.17) is 5.73 Å². The largest absolute Gasteiger partial charge is 0.399 e. The van der Waals surface area contributed by atoms with Gasteiger partial charge in [-0.1, -0.05) is 0 Å². The molecule has 2 rings (SSSR count). The molecule has 0 saturated heterocycles. The smallest absolute Gasteiger partial charge is 0.0795 e. The summed E-state index contributed by atoms with van der Waals surface area (Å²) in [5.74, 6) is 0.895. The lowest BCUT2D eigenvalue weighted by molar-refractivity contribution is 1.23. The molecule has 1 heterocycles. The predicted octanol–water partition coefficient (Wildman–Crippen LogP) is 3.78. The zero-order valence-corrected chi connectivity index (χ0v) is 11.0. The van der Waals surface area contributed by atoms with Crippen LogP contribution in [0, 0.1) is 0 Å². The molecular formula is C10H9BrN2S2. The lowest BCUT2D eigenvalue weighted by Gasteiger charge is -2.03. The summed E-state index contributed by atoms with van der Waals surface area (Å²) in [5, 5.41) is 2.07. The summed E-state index contributed by atoms with van der Waals surface area (Å²) in [7, 11) is 0. The summed E-state index contributed by atoms with van der Waals surface area (Å²) < 4.78 is 1.04. The van der Waals surface area contributed by atoms with Crippen LogP contribution in [-0.4, -0.2) is 4.98 Å². The third-order valence-corrected chi connectivity index (χ3v) is 4.48. The van der Waals surface area contributed by atoms with Gasteiger partial charge in [-0.3, -0.25) is 0 Å². The van der Waals surface area contributed by atoms with Crippen molar-refractivity contribution in [3.8, 4) is 0 Å². The Labute approximate surface area is 105 Å². The second kappa shape index (κ2) is 5.01. The molecule has 78 valence electrons. The van der Waals surface area contributed by atoms with Gasteiger partial charge in [-0.05, 0) is 34.1 Å². The van der Waals surface area contributed by atoms with Gasteiger partial charge in [-0.15, -0.1) is 23.1 Å². The van der Waals surface area contributed by atoms with E-state index < -0.39 is 0 Å². The molecule has 0 radical (unpaired) electrons. The summed E-state index contributed by atoms with van der Waals surface area (Å²) in [5.41, 5.74) is 9.42. The van der Waals surface area contributed by atoms with Gasteiger partial charge in [0.05, 0.1) is 11.2 Å². The number of nitrogen functional groups attached to an aromatic ring is 1. The van der Waals surface area contributed by atoms with Gasteiger partial charge in [-0.25, -0.2) is 4.98 Å². The van der Waals surface area contributed by atoms with Crippen molar-refractivity contribution in [3.05, 3.63) is 39.3 Å². The fourth-order valence-electron chi connectivity index (χ4n) is 1.09. The summed E-state index contributed by atoms with van der Waals surface area (Å²) in [6.07, 6.45) is 0. The highest BCUT2D eigenvalue weighted by atomic mass is 79.9. The minimum absolute atomic E-state index is 0.778. The maximum Gasteiger partial charge on any atom is 0.0795 e. The highest BCUT2D eigenvalue weighted by Gasteiger charge is 2.02. The molecule has 2 N–H and O–H groups in total. The maximum atomic E-state index is 5.67. The van der Waals surface area contributed by atoms with E-state index in [9.17, 15) is 0 Å². The van der Waals surface area contributed by atoms with Crippen molar-refractivity contribution in [2.45, 2.75) is 10.6 Å². The minimum atomic E-state index is 0.778. The molecule has 2 nitrogen and oxygen atoms in total. The van der Waals surface area contributed by atoms with Crippen molar-refractivity contribution in [2.75, 3.05) is 5.73 Å². The minimum Gasteiger partial charge on any atom is -0.399 e. The Balaban J connectivity index is 2.05. The monoisotopic (exact) mass is 300 g/mol. The Bertz CT molecular complexity index is 443. The molecule has 0 unspecified atom stereocenters. The number of aromatic nitrogens is 1. The molecule has 1 aromatic heterocycles. The Kier molecular flexibility index (Phi) is 3.66. The van der Waals surface area contributed by atoms with Crippen molar-refractivity contribution < 1.29 is 0 Å². The van der Waals surface area contributed by atoms with Crippen LogP contribution >= 0.6 is 39.0 Å². The van der Waals surface area contributed by atoms with Crippen LogP contribution in [-0.2, 0) is 5.75 Å². The topological polar surface area (TPSA) is 38.9 Å². The lowest BCUT2D eigenvalue weighted by Crippen LogP contribution is -1.85. The van der Waals surface area contributed by atoms with Crippen LogP contribution in [0.4, 0.5) is 5.69 Å². The zero-order valence-electron chi connectivity index (χ0n) is 7.81. The molecule has 0 aliphatic carbocycles. The predicted molar refractivity (Wildman–Crippen MR) is 70.2 cm³/mol. The van der Waals surface area contributed by atoms with Crippen LogP contribution in [0.5, 0.6) is 0 Å². The Morgan fingerprint density at radius 1 is 1.47 bits per heavy atom. The van der Waals surface area contributed by atoms with Crippen LogP contribution in [0.3, 0.4) is 0 Å². The number of anilines is 1. The zero-order chi connectivity index (χ0) is 10.7. The first-order valence-corrected chi connectivity index (χ1v) is 7.03. The number of thioether (sulfide) groups is 1. The molecule has 15 heavy (non-hydrogen) atoms. The summed E-state index contributed by atoms with van der Waals surface area (Å²) in [6.45, 7) is 0. The van der Waals surface area contributed by atoms with Crippen LogP contribution in [0.1, 0.15) is 5.69 Å². The summed E-state index contributed by atoms with van der Waals surface area (Å²) >= 11 is 6.87. The van der Waals surface area contributed by atoms with Crippen molar-refractivity contribution in [1.82, 2.24) is 4.98 Å². The number of hydrogen-bond acceptors (Lipinski definition) is 4. The lowest BCUT2D eigenvalue weighted by atomic mass is 10.3. The first-order valence-electron chi connectivity index (χ1n) is 4.30.